The number of halogens is 1. The van der Waals surface area contributed by atoms with Gasteiger partial charge in [-0.2, -0.15) is 9.30 Å². The lowest BCUT2D eigenvalue weighted by Gasteiger charge is -2.29. The van der Waals surface area contributed by atoms with Crippen molar-refractivity contribution in [3.05, 3.63) is 57.9 Å². The SMILES string of the molecule is CCn1c(=NC(=O)C2CCN(S(=O)(=O)c3ccc(Cl)cc3)CC2)sc2cc(C(=O)OC)ccc21. The van der Waals surface area contributed by atoms with Crippen molar-refractivity contribution in [2.24, 2.45) is 10.9 Å². The predicted octanol–water partition coefficient (Wildman–Crippen LogP) is 3.69. The zero-order valence-electron chi connectivity index (χ0n) is 18.7. The van der Waals surface area contributed by atoms with Gasteiger partial charge in [0.15, 0.2) is 4.80 Å². The molecule has 0 unspecified atom stereocenters. The number of nitrogens with zero attached hydrogens (tertiary/aromatic N) is 3. The Morgan fingerprint density at radius 2 is 1.82 bits per heavy atom. The van der Waals surface area contributed by atoms with Gasteiger partial charge in [-0.25, -0.2) is 13.2 Å². The van der Waals surface area contributed by atoms with E-state index in [2.05, 4.69) is 4.99 Å². The first kappa shape index (κ1) is 24.6. The Morgan fingerprint density at radius 1 is 1.15 bits per heavy atom. The van der Waals surface area contributed by atoms with Crippen molar-refractivity contribution in [3.8, 4) is 0 Å². The zero-order valence-corrected chi connectivity index (χ0v) is 21.1. The summed E-state index contributed by atoms with van der Waals surface area (Å²) in [7, 11) is -2.30. The molecule has 180 valence electrons. The number of hydrogen-bond donors (Lipinski definition) is 0. The van der Waals surface area contributed by atoms with E-state index >= 15 is 0 Å². The Bertz CT molecular complexity index is 1400. The van der Waals surface area contributed by atoms with Crippen LogP contribution in [0.3, 0.4) is 0 Å². The molecule has 0 N–H and O–H groups in total. The smallest absolute Gasteiger partial charge is 0.337 e. The fourth-order valence-electron chi connectivity index (χ4n) is 3.99. The Balaban J connectivity index is 1.52. The third-order valence-corrected chi connectivity index (χ3v) is 9.09. The van der Waals surface area contributed by atoms with E-state index < -0.39 is 16.0 Å². The number of carbonyl (C=O) groups excluding carboxylic acids is 2. The molecule has 4 rings (SSSR count). The van der Waals surface area contributed by atoms with Crippen LogP contribution in [-0.4, -0.2) is 49.4 Å². The number of ether oxygens (including phenoxy) is 1. The molecular weight excluding hydrogens is 498 g/mol. The average molecular weight is 522 g/mol. The number of esters is 1. The molecule has 11 heteroatoms. The van der Waals surface area contributed by atoms with Gasteiger partial charge in [0.2, 0.25) is 10.0 Å². The average Bonchev–Trinajstić information content (AvgIpc) is 3.19. The first-order chi connectivity index (χ1) is 16.2. The summed E-state index contributed by atoms with van der Waals surface area (Å²) in [6.45, 7) is 3.07. The van der Waals surface area contributed by atoms with Crippen LogP contribution in [-0.2, 0) is 26.1 Å². The first-order valence-electron chi connectivity index (χ1n) is 10.8. The van der Waals surface area contributed by atoms with Gasteiger partial charge in [0, 0.05) is 30.6 Å². The number of methoxy groups -OCH3 is 1. The number of aromatic nitrogens is 1. The van der Waals surface area contributed by atoms with Gasteiger partial charge >= 0.3 is 5.97 Å². The van der Waals surface area contributed by atoms with E-state index in [1.807, 2.05) is 17.6 Å². The van der Waals surface area contributed by atoms with Crippen molar-refractivity contribution in [1.29, 1.82) is 0 Å². The van der Waals surface area contributed by atoms with E-state index in [-0.39, 0.29) is 29.8 Å². The number of thiazole rings is 1. The van der Waals surface area contributed by atoms with Gasteiger partial charge in [-0.05, 0) is 62.2 Å². The van der Waals surface area contributed by atoms with Crippen molar-refractivity contribution in [2.75, 3.05) is 20.2 Å². The van der Waals surface area contributed by atoms with Crippen molar-refractivity contribution in [2.45, 2.75) is 31.2 Å². The van der Waals surface area contributed by atoms with E-state index in [4.69, 9.17) is 16.3 Å². The molecular formula is C23H24ClN3O5S2. The maximum atomic E-state index is 13.0. The molecule has 2 heterocycles. The summed E-state index contributed by atoms with van der Waals surface area (Å²) in [5, 5.41) is 0.469. The highest BCUT2D eigenvalue weighted by atomic mass is 35.5. The van der Waals surface area contributed by atoms with Gasteiger partial charge in [0.05, 0.1) is 27.8 Å². The topological polar surface area (TPSA) is 98.0 Å². The molecule has 0 saturated carbocycles. The number of hydrogen-bond acceptors (Lipinski definition) is 6. The third kappa shape index (κ3) is 4.81. The van der Waals surface area contributed by atoms with Crippen LogP contribution in [0.1, 0.15) is 30.1 Å². The van der Waals surface area contributed by atoms with Crippen LogP contribution in [0.2, 0.25) is 5.02 Å². The molecule has 1 aromatic heterocycles. The normalized spacial score (nSPS) is 16.1. The lowest BCUT2D eigenvalue weighted by Crippen LogP contribution is -2.40. The molecule has 0 bridgehead atoms. The molecule has 1 fully saturated rings. The molecule has 1 saturated heterocycles. The summed E-state index contributed by atoms with van der Waals surface area (Å²) < 4.78 is 34.7. The van der Waals surface area contributed by atoms with E-state index in [0.29, 0.717) is 34.8 Å². The highest BCUT2D eigenvalue weighted by molar-refractivity contribution is 7.89. The van der Waals surface area contributed by atoms with Crippen LogP contribution < -0.4 is 4.80 Å². The number of rotatable bonds is 5. The summed E-state index contributed by atoms with van der Waals surface area (Å²) in [6, 6.07) is 11.3. The summed E-state index contributed by atoms with van der Waals surface area (Å²) in [4.78, 5) is 29.9. The molecule has 1 amide bonds. The second-order valence-electron chi connectivity index (χ2n) is 7.89. The molecule has 0 spiro atoms. The molecule has 2 aromatic carbocycles. The van der Waals surface area contributed by atoms with Crippen LogP contribution in [0.4, 0.5) is 0 Å². The summed E-state index contributed by atoms with van der Waals surface area (Å²) in [5.41, 5.74) is 1.32. The molecule has 0 atom stereocenters. The number of sulfonamides is 1. The summed E-state index contributed by atoms with van der Waals surface area (Å²) in [5.74, 6) is -1.03. The Labute approximate surface area is 206 Å². The minimum atomic E-state index is -3.64. The standard InChI is InChI=1S/C23H24ClN3O5S2/c1-3-27-19-9-4-16(22(29)32-2)14-20(19)33-23(27)25-21(28)15-10-12-26(13-11-15)34(30,31)18-7-5-17(24)6-8-18/h4-9,14-15H,3,10-13H2,1-2H3. The number of piperidine rings is 1. The highest BCUT2D eigenvalue weighted by Crippen LogP contribution is 2.26. The van der Waals surface area contributed by atoms with Gasteiger partial charge in [-0.3, -0.25) is 4.79 Å². The van der Waals surface area contributed by atoms with E-state index in [1.165, 1.54) is 34.9 Å². The fraction of sp³-hybridized carbons (Fsp3) is 0.348. The van der Waals surface area contributed by atoms with E-state index in [0.717, 1.165) is 10.2 Å². The molecule has 1 aliphatic rings. The van der Waals surface area contributed by atoms with E-state index in [9.17, 15) is 18.0 Å². The van der Waals surface area contributed by atoms with Gasteiger partial charge in [-0.1, -0.05) is 22.9 Å². The second-order valence-corrected chi connectivity index (χ2v) is 11.3. The third-order valence-electron chi connectivity index (χ3n) is 5.88. The second kappa shape index (κ2) is 9.99. The van der Waals surface area contributed by atoms with Crippen LogP contribution in [0.25, 0.3) is 10.2 Å². The lowest BCUT2D eigenvalue weighted by atomic mass is 9.98. The number of carbonyl (C=O) groups is 2. The van der Waals surface area contributed by atoms with Gasteiger partial charge in [-0.15, -0.1) is 0 Å². The van der Waals surface area contributed by atoms with Crippen molar-refractivity contribution in [3.63, 3.8) is 0 Å². The minimum Gasteiger partial charge on any atom is -0.465 e. The van der Waals surface area contributed by atoms with Crippen LogP contribution in [0, 0.1) is 5.92 Å². The Kier molecular flexibility index (Phi) is 7.22. The molecule has 1 aliphatic heterocycles. The van der Waals surface area contributed by atoms with Crippen molar-refractivity contribution in [1.82, 2.24) is 8.87 Å². The van der Waals surface area contributed by atoms with Crippen LogP contribution in [0.15, 0.2) is 52.4 Å². The van der Waals surface area contributed by atoms with Crippen molar-refractivity contribution >= 4 is 55.1 Å². The van der Waals surface area contributed by atoms with Gasteiger partial charge in [0.1, 0.15) is 0 Å². The molecule has 0 aliphatic carbocycles. The predicted molar refractivity (Wildman–Crippen MR) is 130 cm³/mol. The maximum Gasteiger partial charge on any atom is 0.337 e. The van der Waals surface area contributed by atoms with Crippen molar-refractivity contribution < 1.29 is 22.7 Å². The first-order valence-corrected chi connectivity index (χ1v) is 13.4. The van der Waals surface area contributed by atoms with Crippen LogP contribution >= 0.6 is 22.9 Å². The van der Waals surface area contributed by atoms with Crippen LogP contribution in [0.5, 0.6) is 0 Å². The van der Waals surface area contributed by atoms with Gasteiger partial charge < -0.3 is 9.30 Å². The molecule has 3 aromatic rings. The number of fused-ring (bicyclic) bond motifs is 1. The number of benzene rings is 2. The zero-order chi connectivity index (χ0) is 24.5. The van der Waals surface area contributed by atoms with Gasteiger partial charge in [0.25, 0.3) is 5.91 Å². The summed E-state index contributed by atoms with van der Waals surface area (Å²) >= 11 is 7.20. The molecule has 0 radical (unpaired) electrons. The Morgan fingerprint density at radius 3 is 2.44 bits per heavy atom. The number of aryl methyl sites for hydroxylation is 1. The highest BCUT2D eigenvalue weighted by Gasteiger charge is 2.32. The Hall–Kier alpha value is -2.53. The largest absolute Gasteiger partial charge is 0.465 e. The van der Waals surface area contributed by atoms with E-state index in [1.54, 1.807) is 24.3 Å². The maximum absolute atomic E-state index is 13.0. The quantitative estimate of drug-likeness (QED) is 0.477. The fourth-order valence-corrected chi connectivity index (χ4v) is 6.73. The summed E-state index contributed by atoms with van der Waals surface area (Å²) in [6.07, 6.45) is 0.803. The lowest BCUT2D eigenvalue weighted by molar-refractivity contribution is -0.122. The molecule has 8 nitrogen and oxygen atoms in total. The molecule has 34 heavy (non-hydrogen) atoms. The minimum absolute atomic E-state index is 0.187. The monoisotopic (exact) mass is 521 g/mol. The number of amides is 1.